The van der Waals surface area contributed by atoms with Crippen molar-refractivity contribution in [2.24, 2.45) is 7.05 Å². The number of anilines is 2. The smallest absolute Gasteiger partial charge is 0.226 e. The van der Waals surface area contributed by atoms with E-state index in [9.17, 15) is 0 Å². The Balaban J connectivity index is 1.89. The zero-order chi connectivity index (χ0) is 13.9. The SMILES string of the molecule is CCNc1nc(NCc2ccnn2C)c2ccsc2n1. The maximum Gasteiger partial charge on any atom is 0.226 e. The Labute approximate surface area is 120 Å². The van der Waals surface area contributed by atoms with Crippen LogP contribution in [0.25, 0.3) is 10.2 Å². The molecule has 20 heavy (non-hydrogen) atoms. The zero-order valence-corrected chi connectivity index (χ0v) is 12.2. The third-order valence-corrected chi connectivity index (χ3v) is 3.83. The van der Waals surface area contributed by atoms with Gasteiger partial charge in [0.25, 0.3) is 0 Å². The Hall–Kier alpha value is -2.15. The minimum absolute atomic E-state index is 0.662. The summed E-state index contributed by atoms with van der Waals surface area (Å²) in [5.74, 6) is 1.52. The molecule has 0 aliphatic rings. The van der Waals surface area contributed by atoms with Gasteiger partial charge in [0.2, 0.25) is 5.95 Å². The number of aryl methyl sites for hydroxylation is 1. The molecule has 0 fully saturated rings. The number of aromatic nitrogens is 4. The van der Waals surface area contributed by atoms with Crippen molar-refractivity contribution < 1.29 is 0 Å². The Kier molecular flexibility index (Phi) is 3.51. The normalized spacial score (nSPS) is 10.9. The number of thiophene rings is 1. The molecule has 0 amide bonds. The molecular formula is C13H16N6S. The highest BCUT2D eigenvalue weighted by Gasteiger charge is 2.09. The molecule has 0 unspecified atom stereocenters. The lowest BCUT2D eigenvalue weighted by Gasteiger charge is -2.09. The van der Waals surface area contributed by atoms with Crippen molar-refractivity contribution in [1.82, 2.24) is 19.7 Å². The average molecular weight is 288 g/mol. The molecule has 0 radical (unpaired) electrons. The maximum absolute atomic E-state index is 4.54. The molecule has 0 atom stereocenters. The number of hydrogen-bond donors (Lipinski definition) is 2. The van der Waals surface area contributed by atoms with Gasteiger partial charge in [0.1, 0.15) is 10.6 Å². The molecule has 3 aromatic rings. The van der Waals surface area contributed by atoms with Crippen molar-refractivity contribution in [3.63, 3.8) is 0 Å². The van der Waals surface area contributed by atoms with Gasteiger partial charge in [-0.1, -0.05) is 0 Å². The summed E-state index contributed by atoms with van der Waals surface area (Å²) < 4.78 is 1.85. The minimum Gasteiger partial charge on any atom is -0.364 e. The summed E-state index contributed by atoms with van der Waals surface area (Å²) in [5, 5.41) is 13.8. The van der Waals surface area contributed by atoms with Crippen molar-refractivity contribution in [3.8, 4) is 0 Å². The second-order valence-electron chi connectivity index (χ2n) is 4.37. The van der Waals surface area contributed by atoms with Crippen LogP contribution in [-0.2, 0) is 13.6 Å². The zero-order valence-electron chi connectivity index (χ0n) is 11.4. The van der Waals surface area contributed by atoms with E-state index >= 15 is 0 Å². The van der Waals surface area contributed by atoms with E-state index in [2.05, 4.69) is 25.7 Å². The number of nitrogens with zero attached hydrogens (tertiary/aromatic N) is 4. The molecule has 2 N–H and O–H groups in total. The molecule has 0 aliphatic heterocycles. The number of fused-ring (bicyclic) bond motifs is 1. The second kappa shape index (κ2) is 5.46. The Bertz CT molecular complexity index is 717. The molecule has 3 rings (SSSR count). The summed E-state index contributed by atoms with van der Waals surface area (Å²) in [6.07, 6.45) is 1.79. The average Bonchev–Trinajstić information content (AvgIpc) is 3.05. The van der Waals surface area contributed by atoms with E-state index in [1.54, 1.807) is 17.5 Å². The molecule has 0 aromatic carbocycles. The highest BCUT2D eigenvalue weighted by Crippen LogP contribution is 2.26. The summed E-state index contributed by atoms with van der Waals surface area (Å²) in [4.78, 5) is 10.0. The van der Waals surface area contributed by atoms with Crippen LogP contribution in [0.1, 0.15) is 12.6 Å². The highest BCUT2D eigenvalue weighted by atomic mass is 32.1. The van der Waals surface area contributed by atoms with Crippen LogP contribution in [0.5, 0.6) is 0 Å². The first-order valence-corrected chi connectivity index (χ1v) is 7.35. The highest BCUT2D eigenvalue weighted by molar-refractivity contribution is 7.16. The molecule has 3 aromatic heterocycles. The van der Waals surface area contributed by atoms with Crippen molar-refractivity contribution in [1.29, 1.82) is 0 Å². The maximum atomic E-state index is 4.54. The topological polar surface area (TPSA) is 67.7 Å². The molecule has 6 nitrogen and oxygen atoms in total. The van der Waals surface area contributed by atoms with E-state index < -0.39 is 0 Å². The van der Waals surface area contributed by atoms with Gasteiger partial charge in [-0.2, -0.15) is 10.1 Å². The molecule has 0 aliphatic carbocycles. The van der Waals surface area contributed by atoms with Gasteiger partial charge in [-0.25, -0.2) is 4.98 Å². The molecule has 0 bridgehead atoms. The van der Waals surface area contributed by atoms with Crippen molar-refractivity contribution >= 4 is 33.3 Å². The van der Waals surface area contributed by atoms with Crippen LogP contribution < -0.4 is 10.6 Å². The summed E-state index contributed by atoms with van der Waals surface area (Å²) in [6, 6.07) is 4.03. The largest absolute Gasteiger partial charge is 0.364 e. The van der Waals surface area contributed by atoms with E-state index in [0.717, 1.165) is 28.3 Å². The molecular weight excluding hydrogens is 272 g/mol. The van der Waals surface area contributed by atoms with Gasteiger partial charge in [0.05, 0.1) is 17.6 Å². The van der Waals surface area contributed by atoms with Crippen LogP contribution in [-0.4, -0.2) is 26.3 Å². The van der Waals surface area contributed by atoms with Crippen molar-refractivity contribution in [2.75, 3.05) is 17.2 Å². The van der Waals surface area contributed by atoms with Crippen LogP contribution >= 0.6 is 11.3 Å². The van der Waals surface area contributed by atoms with E-state index in [1.165, 1.54) is 0 Å². The molecule has 3 heterocycles. The predicted molar refractivity (Wildman–Crippen MR) is 82.1 cm³/mol. The molecule has 104 valence electrons. The Morgan fingerprint density at radius 2 is 2.15 bits per heavy atom. The van der Waals surface area contributed by atoms with Crippen LogP contribution in [0.2, 0.25) is 0 Å². The standard InChI is InChI=1S/C13H16N6S/c1-3-14-13-17-11(10-5-7-20-12(10)18-13)15-8-9-4-6-16-19(9)2/h4-7H,3,8H2,1-2H3,(H2,14,15,17,18). The van der Waals surface area contributed by atoms with Crippen molar-refractivity contribution in [2.45, 2.75) is 13.5 Å². The van der Waals surface area contributed by atoms with E-state index in [0.29, 0.717) is 12.5 Å². The lowest BCUT2D eigenvalue weighted by Crippen LogP contribution is -2.09. The van der Waals surface area contributed by atoms with Crippen LogP contribution in [0.3, 0.4) is 0 Å². The van der Waals surface area contributed by atoms with Crippen LogP contribution in [0.4, 0.5) is 11.8 Å². The van der Waals surface area contributed by atoms with E-state index in [1.807, 2.05) is 36.2 Å². The van der Waals surface area contributed by atoms with Crippen LogP contribution in [0, 0.1) is 0 Å². The molecule has 7 heteroatoms. The van der Waals surface area contributed by atoms with Gasteiger partial charge in [-0.15, -0.1) is 11.3 Å². The number of nitrogens with one attached hydrogen (secondary N) is 2. The Morgan fingerprint density at radius 1 is 1.25 bits per heavy atom. The first kappa shape index (κ1) is 12.9. The summed E-state index contributed by atoms with van der Waals surface area (Å²) in [7, 11) is 1.93. The molecule has 0 saturated heterocycles. The molecule has 0 saturated carbocycles. The summed E-state index contributed by atoms with van der Waals surface area (Å²) in [5.41, 5.74) is 1.11. The first-order valence-electron chi connectivity index (χ1n) is 6.48. The fourth-order valence-corrected chi connectivity index (χ4v) is 2.74. The monoisotopic (exact) mass is 288 g/mol. The van der Waals surface area contributed by atoms with Gasteiger partial charge < -0.3 is 10.6 Å². The summed E-state index contributed by atoms with van der Waals surface area (Å²) in [6.45, 7) is 3.52. The Morgan fingerprint density at radius 3 is 2.90 bits per heavy atom. The lowest BCUT2D eigenvalue weighted by molar-refractivity contribution is 0.720. The van der Waals surface area contributed by atoms with E-state index in [4.69, 9.17) is 0 Å². The van der Waals surface area contributed by atoms with Crippen LogP contribution in [0.15, 0.2) is 23.7 Å². The third-order valence-electron chi connectivity index (χ3n) is 3.02. The molecule has 0 spiro atoms. The van der Waals surface area contributed by atoms with Gasteiger partial charge in [0.15, 0.2) is 0 Å². The van der Waals surface area contributed by atoms with Gasteiger partial charge in [-0.3, -0.25) is 4.68 Å². The quantitative estimate of drug-likeness (QED) is 0.755. The lowest BCUT2D eigenvalue weighted by atomic mass is 10.3. The fraction of sp³-hybridized carbons (Fsp3) is 0.308. The second-order valence-corrected chi connectivity index (χ2v) is 5.26. The van der Waals surface area contributed by atoms with Gasteiger partial charge in [-0.05, 0) is 24.4 Å². The van der Waals surface area contributed by atoms with Gasteiger partial charge in [0, 0.05) is 19.8 Å². The van der Waals surface area contributed by atoms with Crippen molar-refractivity contribution in [3.05, 3.63) is 29.4 Å². The minimum atomic E-state index is 0.662. The van der Waals surface area contributed by atoms with Gasteiger partial charge >= 0.3 is 0 Å². The number of rotatable bonds is 5. The number of hydrogen-bond acceptors (Lipinski definition) is 6. The summed E-state index contributed by atoms with van der Waals surface area (Å²) >= 11 is 1.62. The van der Waals surface area contributed by atoms with E-state index in [-0.39, 0.29) is 0 Å². The fourth-order valence-electron chi connectivity index (χ4n) is 1.98. The predicted octanol–water partition coefficient (Wildman–Crippen LogP) is 2.47. The third kappa shape index (κ3) is 2.44. The first-order chi connectivity index (χ1) is 9.78.